The van der Waals surface area contributed by atoms with Crippen molar-refractivity contribution in [1.29, 1.82) is 0 Å². The van der Waals surface area contributed by atoms with Crippen LogP contribution in [-0.2, 0) is 0 Å². The van der Waals surface area contributed by atoms with Gasteiger partial charge in [-0.3, -0.25) is 14.3 Å². The lowest BCUT2D eigenvalue weighted by Gasteiger charge is -2.13. The van der Waals surface area contributed by atoms with E-state index in [9.17, 15) is 14.7 Å². The Bertz CT molecular complexity index is 540. The van der Waals surface area contributed by atoms with Crippen molar-refractivity contribution in [3.8, 4) is 5.75 Å². The van der Waals surface area contributed by atoms with Gasteiger partial charge >= 0.3 is 5.69 Å². The lowest BCUT2D eigenvalue weighted by molar-refractivity contribution is 0.137. The number of aliphatic hydroxyl groups is 2. The normalized spacial score (nSPS) is 27.4. The van der Waals surface area contributed by atoms with Crippen molar-refractivity contribution < 1.29 is 14.9 Å². The number of aromatic nitrogens is 2. The molecule has 2 rings (SSSR count). The van der Waals surface area contributed by atoms with Gasteiger partial charge in [-0.15, -0.1) is 11.8 Å². The van der Waals surface area contributed by atoms with Gasteiger partial charge in [-0.1, -0.05) is 0 Å². The van der Waals surface area contributed by atoms with Crippen molar-refractivity contribution in [2.75, 3.05) is 13.7 Å². The topological polar surface area (TPSA) is 105 Å². The minimum Gasteiger partial charge on any atom is -0.490 e. The van der Waals surface area contributed by atoms with Gasteiger partial charge in [0.05, 0.1) is 36.6 Å². The van der Waals surface area contributed by atoms with Crippen molar-refractivity contribution in [2.45, 2.75) is 23.1 Å². The largest absolute Gasteiger partial charge is 0.490 e. The molecule has 1 aliphatic heterocycles. The van der Waals surface area contributed by atoms with E-state index in [1.807, 2.05) is 0 Å². The Balaban J connectivity index is 2.35. The molecule has 1 aliphatic rings. The van der Waals surface area contributed by atoms with Gasteiger partial charge < -0.3 is 14.9 Å². The van der Waals surface area contributed by atoms with Crippen molar-refractivity contribution in [3.63, 3.8) is 0 Å². The van der Waals surface area contributed by atoms with Crippen LogP contribution in [0.3, 0.4) is 0 Å². The third-order valence-corrected chi connectivity index (χ3v) is 4.40. The molecule has 0 amide bonds. The monoisotopic (exact) mass is 274 g/mol. The zero-order chi connectivity index (χ0) is 13.3. The summed E-state index contributed by atoms with van der Waals surface area (Å²) in [5.41, 5.74) is -1.13. The van der Waals surface area contributed by atoms with Crippen molar-refractivity contribution in [1.82, 2.24) is 9.55 Å². The number of aromatic amines is 1. The molecule has 8 heteroatoms. The highest BCUT2D eigenvalue weighted by Gasteiger charge is 2.34. The van der Waals surface area contributed by atoms with Crippen LogP contribution in [0.4, 0.5) is 0 Å². The third kappa shape index (κ3) is 2.31. The number of hydrogen-bond donors (Lipinski definition) is 3. The van der Waals surface area contributed by atoms with Crippen LogP contribution in [0.15, 0.2) is 15.8 Å². The Morgan fingerprint density at radius 3 is 2.89 bits per heavy atom. The Labute approximate surface area is 106 Å². The molecular weight excluding hydrogens is 260 g/mol. The predicted molar refractivity (Wildman–Crippen MR) is 66.0 cm³/mol. The maximum absolute atomic E-state index is 11.7. The zero-order valence-corrected chi connectivity index (χ0v) is 10.5. The molecule has 7 nitrogen and oxygen atoms in total. The molecule has 0 aliphatic carbocycles. The van der Waals surface area contributed by atoms with Crippen molar-refractivity contribution in [3.05, 3.63) is 27.0 Å². The summed E-state index contributed by atoms with van der Waals surface area (Å²) in [4.78, 5) is 25.2. The lowest BCUT2D eigenvalue weighted by atomic mass is 10.2. The maximum atomic E-state index is 11.7. The first-order valence-corrected chi connectivity index (χ1v) is 6.35. The van der Waals surface area contributed by atoms with E-state index in [1.54, 1.807) is 0 Å². The van der Waals surface area contributed by atoms with E-state index in [0.717, 1.165) is 0 Å². The number of methoxy groups -OCH3 is 1. The van der Waals surface area contributed by atoms with Crippen molar-refractivity contribution >= 4 is 11.8 Å². The number of nitrogens with zero attached hydrogens (tertiary/aromatic N) is 1. The van der Waals surface area contributed by atoms with Gasteiger partial charge in [0.1, 0.15) is 0 Å². The second-order valence-corrected chi connectivity index (χ2v) is 5.40. The Morgan fingerprint density at radius 2 is 2.33 bits per heavy atom. The van der Waals surface area contributed by atoms with Crippen LogP contribution >= 0.6 is 11.8 Å². The van der Waals surface area contributed by atoms with Gasteiger partial charge in [0.25, 0.3) is 5.56 Å². The summed E-state index contributed by atoms with van der Waals surface area (Å²) >= 11 is 1.30. The summed E-state index contributed by atoms with van der Waals surface area (Å²) in [6.07, 6.45) is 0.992. The van der Waals surface area contributed by atoms with E-state index < -0.39 is 17.4 Å². The number of thioether (sulfide) groups is 1. The van der Waals surface area contributed by atoms with E-state index >= 15 is 0 Å². The first-order chi connectivity index (χ1) is 8.56. The molecule has 1 saturated heterocycles. The van der Waals surface area contributed by atoms with Gasteiger partial charge in [0.2, 0.25) is 5.75 Å². The van der Waals surface area contributed by atoms with Crippen LogP contribution in [0.25, 0.3) is 0 Å². The molecule has 1 fully saturated rings. The van der Waals surface area contributed by atoms with Gasteiger partial charge in [0.15, 0.2) is 0 Å². The van der Waals surface area contributed by atoms with Crippen LogP contribution in [0.5, 0.6) is 5.75 Å². The standard InChI is InChI=1S/C10H14N2O5S/c1-17-6-3-12(10(16)11-9(6)15)8-2-5(14)7(4-13)18-8/h3,5,7-8,13-14H,2,4H2,1H3,(H,11,15,16)/t5-,7+,8-/m0/s1. The minimum absolute atomic E-state index is 0.0390. The summed E-state index contributed by atoms with van der Waals surface area (Å²) in [6, 6.07) is 0. The highest BCUT2D eigenvalue weighted by Crippen LogP contribution is 2.40. The molecule has 0 radical (unpaired) electrons. The second kappa shape index (κ2) is 5.17. The summed E-state index contributed by atoms with van der Waals surface area (Å²) in [5, 5.41) is 18.1. The molecule has 3 atom stereocenters. The third-order valence-electron chi connectivity index (χ3n) is 2.85. The van der Waals surface area contributed by atoms with Gasteiger partial charge in [-0.25, -0.2) is 4.79 Å². The molecule has 0 saturated carbocycles. The number of rotatable bonds is 3. The van der Waals surface area contributed by atoms with E-state index in [4.69, 9.17) is 9.84 Å². The fraction of sp³-hybridized carbons (Fsp3) is 0.600. The Morgan fingerprint density at radius 1 is 1.61 bits per heavy atom. The number of nitrogens with one attached hydrogen (secondary N) is 1. The number of H-pyrrole nitrogens is 1. The Hall–Kier alpha value is -1.25. The van der Waals surface area contributed by atoms with E-state index in [-0.39, 0.29) is 23.0 Å². The smallest absolute Gasteiger partial charge is 0.329 e. The van der Waals surface area contributed by atoms with E-state index in [2.05, 4.69) is 4.98 Å². The fourth-order valence-corrected chi connectivity index (χ4v) is 3.25. The summed E-state index contributed by atoms with van der Waals surface area (Å²) in [6.45, 7) is -0.155. The highest BCUT2D eigenvalue weighted by molar-refractivity contribution is 8.00. The second-order valence-electron chi connectivity index (χ2n) is 3.98. The van der Waals surface area contributed by atoms with Gasteiger partial charge in [0, 0.05) is 6.42 Å². The maximum Gasteiger partial charge on any atom is 0.329 e. The van der Waals surface area contributed by atoms with Crippen LogP contribution in [-0.4, -0.2) is 44.8 Å². The molecule has 18 heavy (non-hydrogen) atoms. The van der Waals surface area contributed by atoms with Gasteiger partial charge in [-0.2, -0.15) is 0 Å². The molecular formula is C10H14N2O5S. The van der Waals surface area contributed by atoms with E-state index in [1.165, 1.54) is 29.6 Å². The predicted octanol–water partition coefficient (Wildman–Crippen LogP) is -1.10. The first-order valence-electron chi connectivity index (χ1n) is 5.40. The number of ether oxygens (including phenoxy) is 1. The molecule has 0 unspecified atom stereocenters. The summed E-state index contributed by atoms with van der Waals surface area (Å²) < 4.78 is 6.16. The molecule has 0 aromatic carbocycles. The highest BCUT2D eigenvalue weighted by atomic mass is 32.2. The first kappa shape index (κ1) is 13.2. The fourth-order valence-electron chi connectivity index (χ4n) is 1.88. The van der Waals surface area contributed by atoms with Crippen LogP contribution in [0.2, 0.25) is 0 Å². The zero-order valence-electron chi connectivity index (χ0n) is 9.70. The molecule has 3 N–H and O–H groups in total. The quantitative estimate of drug-likeness (QED) is 0.646. The number of aliphatic hydroxyl groups excluding tert-OH is 2. The molecule has 0 bridgehead atoms. The lowest BCUT2D eigenvalue weighted by Crippen LogP contribution is -2.31. The average molecular weight is 274 g/mol. The van der Waals surface area contributed by atoms with Crippen LogP contribution in [0.1, 0.15) is 11.8 Å². The van der Waals surface area contributed by atoms with Crippen LogP contribution < -0.4 is 16.0 Å². The molecule has 0 spiro atoms. The Kier molecular flexibility index (Phi) is 3.79. The molecule has 100 valence electrons. The molecule has 2 heterocycles. The average Bonchev–Trinajstić information content (AvgIpc) is 2.70. The molecule has 1 aromatic rings. The van der Waals surface area contributed by atoms with Gasteiger partial charge in [-0.05, 0) is 0 Å². The minimum atomic E-state index is -0.671. The SMILES string of the molecule is COc1cn([C@@H]2C[C@H](O)[C@@H](CO)S2)c(=O)[nH]c1=O. The van der Waals surface area contributed by atoms with Crippen LogP contribution in [0, 0.1) is 0 Å². The van der Waals surface area contributed by atoms with E-state index in [0.29, 0.717) is 6.42 Å². The molecule has 1 aromatic heterocycles. The number of hydrogen-bond acceptors (Lipinski definition) is 6. The summed E-state index contributed by atoms with van der Waals surface area (Å²) in [7, 11) is 1.34. The van der Waals surface area contributed by atoms with Crippen molar-refractivity contribution in [2.24, 2.45) is 0 Å². The summed E-state index contributed by atoms with van der Waals surface area (Å²) in [5.74, 6) is 0.0390.